The van der Waals surface area contributed by atoms with E-state index in [-0.39, 0.29) is 11.3 Å². The predicted molar refractivity (Wildman–Crippen MR) is 87.7 cm³/mol. The van der Waals surface area contributed by atoms with Crippen LogP contribution in [0, 0.1) is 0 Å². The number of rotatable bonds is 5. The highest BCUT2D eigenvalue weighted by molar-refractivity contribution is 7.92. The summed E-state index contributed by atoms with van der Waals surface area (Å²) in [7, 11) is -4.30. The summed E-state index contributed by atoms with van der Waals surface area (Å²) in [6, 6.07) is 9.26. The van der Waals surface area contributed by atoms with Gasteiger partial charge in [0.05, 0.1) is 16.1 Å². The molecule has 0 aliphatic rings. The second kappa shape index (κ2) is 7.58. The van der Waals surface area contributed by atoms with Crippen molar-refractivity contribution in [2.24, 2.45) is 0 Å². The molecule has 2 aromatic carbocycles. The van der Waals surface area contributed by atoms with Gasteiger partial charge in [0.1, 0.15) is 0 Å². The summed E-state index contributed by atoms with van der Waals surface area (Å²) in [6.07, 6.45) is -2.49. The van der Waals surface area contributed by atoms with E-state index < -0.39 is 32.6 Å². The van der Waals surface area contributed by atoms with E-state index in [1.165, 1.54) is 29.8 Å². The maximum atomic E-state index is 12.8. The molecule has 0 aliphatic carbocycles. The molecule has 0 saturated carbocycles. The second-order valence-electron chi connectivity index (χ2n) is 5.03. The first-order valence-electron chi connectivity index (χ1n) is 7.05. The van der Waals surface area contributed by atoms with Gasteiger partial charge in [-0.1, -0.05) is 24.3 Å². The maximum Gasteiger partial charge on any atom is 0.416 e. The highest BCUT2D eigenvalue weighted by Crippen LogP contribution is 2.31. The molecule has 10 heteroatoms. The number of sulfonamides is 1. The molecule has 0 unspecified atom stereocenters. The molecule has 0 atom stereocenters. The van der Waals surface area contributed by atoms with E-state index in [1.807, 2.05) is 0 Å². The third-order valence-electron chi connectivity index (χ3n) is 3.20. The molecule has 2 rings (SSSR count). The number of anilines is 1. The van der Waals surface area contributed by atoms with Gasteiger partial charge in [-0.2, -0.15) is 13.2 Å². The van der Waals surface area contributed by atoms with Gasteiger partial charge >= 0.3 is 6.18 Å². The number of hydroxylamine groups is 1. The molecule has 0 bridgehead atoms. The number of hydrogen-bond donors (Lipinski definition) is 3. The minimum absolute atomic E-state index is 0.0481. The lowest BCUT2D eigenvalue weighted by atomic mass is 10.1. The number of benzene rings is 2. The van der Waals surface area contributed by atoms with Crippen molar-refractivity contribution < 1.29 is 31.6 Å². The number of carbonyl (C=O) groups excluding carboxylic acids is 1. The molecule has 0 aromatic heterocycles. The molecular weight excluding hydrogens is 373 g/mol. The fourth-order valence-electron chi connectivity index (χ4n) is 1.98. The number of amides is 1. The number of carbonyl (C=O) groups is 1. The van der Waals surface area contributed by atoms with Crippen molar-refractivity contribution in [1.82, 2.24) is 5.48 Å². The molecule has 0 aliphatic heterocycles. The third-order valence-corrected chi connectivity index (χ3v) is 4.56. The Bertz CT molecular complexity index is 941. The number of alkyl halides is 3. The normalized spacial score (nSPS) is 12.2. The molecule has 0 spiro atoms. The van der Waals surface area contributed by atoms with Crippen LogP contribution in [0.2, 0.25) is 0 Å². The van der Waals surface area contributed by atoms with Crippen LogP contribution < -0.4 is 10.2 Å². The van der Waals surface area contributed by atoms with E-state index in [0.29, 0.717) is 6.07 Å². The van der Waals surface area contributed by atoms with Crippen LogP contribution in [0.1, 0.15) is 11.1 Å². The summed E-state index contributed by atoms with van der Waals surface area (Å²) >= 11 is 0. The highest BCUT2D eigenvalue weighted by Gasteiger charge is 2.31. The molecule has 0 saturated heterocycles. The van der Waals surface area contributed by atoms with Gasteiger partial charge < -0.3 is 0 Å². The molecule has 0 fully saturated rings. The first-order chi connectivity index (χ1) is 12.1. The van der Waals surface area contributed by atoms with Crippen LogP contribution in [0.25, 0.3) is 6.08 Å². The Hall–Kier alpha value is -2.85. The molecule has 0 radical (unpaired) electrons. The smallest absolute Gasteiger partial charge is 0.288 e. The predicted octanol–water partition coefficient (Wildman–Crippen LogP) is 3.02. The molecule has 2 aromatic rings. The van der Waals surface area contributed by atoms with E-state index in [4.69, 9.17) is 5.21 Å². The Labute approximate surface area is 147 Å². The molecule has 1 amide bonds. The van der Waals surface area contributed by atoms with E-state index in [9.17, 15) is 26.4 Å². The van der Waals surface area contributed by atoms with Gasteiger partial charge in [0, 0.05) is 6.08 Å². The quantitative estimate of drug-likeness (QED) is 0.418. The lowest BCUT2D eigenvalue weighted by molar-refractivity contribution is -0.137. The van der Waals surface area contributed by atoms with Gasteiger partial charge in [0.25, 0.3) is 15.9 Å². The van der Waals surface area contributed by atoms with E-state index in [1.54, 1.807) is 6.07 Å². The van der Waals surface area contributed by atoms with Crippen LogP contribution in [0.4, 0.5) is 18.9 Å². The number of hydrogen-bond acceptors (Lipinski definition) is 4. The second-order valence-corrected chi connectivity index (χ2v) is 6.71. The molecule has 0 heterocycles. The van der Waals surface area contributed by atoms with Crippen molar-refractivity contribution in [3.05, 3.63) is 65.7 Å². The Kier molecular flexibility index (Phi) is 5.68. The van der Waals surface area contributed by atoms with Gasteiger partial charge in [-0.15, -0.1) is 0 Å². The highest BCUT2D eigenvalue weighted by atomic mass is 32.2. The van der Waals surface area contributed by atoms with Crippen LogP contribution in [0.5, 0.6) is 0 Å². The van der Waals surface area contributed by atoms with Crippen molar-refractivity contribution in [2.75, 3.05) is 4.72 Å². The van der Waals surface area contributed by atoms with Gasteiger partial charge in [0.2, 0.25) is 0 Å². The molecule has 138 valence electrons. The lowest BCUT2D eigenvalue weighted by Crippen LogP contribution is -2.16. The zero-order chi connectivity index (χ0) is 19.4. The zero-order valence-corrected chi connectivity index (χ0v) is 13.8. The van der Waals surface area contributed by atoms with Crippen LogP contribution >= 0.6 is 0 Å². The Balaban J connectivity index is 2.36. The van der Waals surface area contributed by atoms with Crippen molar-refractivity contribution >= 4 is 27.7 Å². The Morgan fingerprint density at radius 2 is 1.77 bits per heavy atom. The first-order valence-corrected chi connectivity index (χ1v) is 8.53. The summed E-state index contributed by atoms with van der Waals surface area (Å²) in [5.41, 5.74) is 0.607. The molecule has 6 nitrogen and oxygen atoms in total. The van der Waals surface area contributed by atoms with E-state index >= 15 is 0 Å². The average Bonchev–Trinajstić information content (AvgIpc) is 2.60. The molecule has 3 N–H and O–H groups in total. The minimum atomic E-state index is -4.68. The lowest BCUT2D eigenvalue weighted by Gasteiger charge is -2.12. The summed E-state index contributed by atoms with van der Waals surface area (Å²) in [6.45, 7) is 0. The van der Waals surface area contributed by atoms with Crippen LogP contribution in [0.15, 0.2) is 59.5 Å². The Morgan fingerprint density at radius 1 is 1.08 bits per heavy atom. The zero-order valence-electron chi connectivity index (χ0n) is 13.0. The monoisotopic (exact) mass is 386 g/mol. The minimum Gasteiger partial charge on any atom is -0.288 e. The van der Waals surface area contributed by atoms with Crippen LogP contribution in [-0.2, 0) is 21.0 Å². The summed E-state index contributed by atoms with van der Waals surface area (Å²) in [5, 5.41) is 8.45. The standard InChI is InChI=1S/C16H13F3N2O4S/c17-16(18,19)12-5-3-6-13(10-12)26(24,25)21-14-7-2-1-4-11(14)8-9-15(22)20-23/h1-10,21,23H,(H,20,22)/b9-8+. The van der Waals surface area contributed by atoms with Gasteiger partial charge in [-0.25, -0.2) is 13.9 Å². The number of halogens is 3. The van der Waals surface area contributed by atoms with Gasteiger partial charge in [-0.3, -0.25) is 14.7 Å². The summed E-state index contributed by atoms with van der Waals surface area (Å²) in [4.78, 5) is 10.5. The number of nitrogens with one attached hydrogen (secondary N) is 2. The van der Waals surface area contributed by atoms with Crippen molar-refractivity contribution in [1.29, 1.82) is 0 Å². The van der Waals surface area contributed by atoms with Crippen LogP contribution in [-0.4, -0.2) is 19.5 Å². The molecule has 26 heavy (non-hydrogen) atoms. The first kappa shape index (κ1) is 19.5. The van der Waals surface area contributed by atoms with E-state index in [2.05, 4.69) is 4.72 Å². The van der Waals surface area contributed by atoms with Gasteiger partial charge in [0.15, 0.2) is 0 Å². The molecular formula is C16H13F3N2O4S. The maximum absolute atomic E-state index is 12.8. The van der Waals surface area contributed by atoms with E-state index in [0.717, 1.165) is 24.3 Å². The summed E-state index contributed by atoms with van der Waals surface area (Å²) in [5.74, 6) is -0.833. The van der Waals surface area contributed by atoms with Crippen molar-refractivity contribution in [3.63, 3.8) is 0 Å². The van der Waals surface area contributed by atoms with Crippen molar-refractivity contribution in [3.8, 4) is 0 Å². The topological polar surface area (TPSA) is 95.5 Å². The largest absolute Gasteiger partial charge is 0.416 e. The SMILES string of the molecule is O=C(/C=C/c1ccccc1NS(=O)(=O)c1cccc(C(F)(F)F)c1)NO. The average molecular weight is 386 g/mol. The Morgan fingerprint density at radius 3 is 2.42 bits per heavy atom. The fraction of sp³-hybridized carbons (Fsp3) is 0.0625. The van der Waals surface area contributed by atoms with Crippen LogP contribution in [0.3, 0.4) is 0 Å². The summed E-state index contributed by atoms with van der Waals surface area (Å²) < 4.78 is 65.3. The third kappa shape index (κ3) is 4.83. The van der Waals surface area contributed by atoms with Crippen molar-refractivity contribution in [2.45, 2.75) is 11.1 Å². The van der Waals surface area contributed by atoms with Gasteiger partial charge in [-0.05, 0) is 35.9 Å². The fourth-order valence-corrected chi connectivity index (χ4v) is 3.11. The number of para-hydroxylation sites is 1.